The van der Waals surface area contributed by atoms with Gasteiger partial charge in [-0.15, -0.1) is 0 Å². The summed E-state index contributed by atoms with van der Waals surface area (Å²) in [7, 11) is 0. The molecular weight excluding hydrogens is 566 g/mol. The standard InChI is InChI=1S/C42H41NO3/c1-32(24-37-22-13-21-36-20-11-12-23-41(36)37)43(28-33-14-5-2-6-15-33)29-42(44)38-25-39(45-30-34-16-7-3-8-17-34)27-40(26-38)46-31-35-18-9-4-10-19-35/h2-23,25-27,32,42,44H,24,28-31H2,1H3/t32-,42+/m0/s1. The Balaban J connectivity index is 1.25. The largest absolute Gasteiger partial charge is 0.489 e. The van der Waals surface area contributed by atoms with Gasteiger partial charge in [-0.1, -0.05) is 133 Å². The van der Waals surface area contributed by atoms with Crippen molar-refractivity contribution in [2.24, 2.45) is 0 Å². The summed E-state index contributed by atoms with van der Waals surface area (Å²) < 4.78 is 12.5. The average molecular weight is 608 g/mol. The maximum atomic E-state index is 11.8. The molecule has 0 radical (unpaired) electrons. The molecule has 6 rings (SSSR count). The van der Waals surface area contributed by atoms with Gasteiger partial charge in [-0.2, -0.15) is 0 Å². The molecule has 1 N–H and O–H groups in total. The molecule has 4 nitrogen and oxygen atoms in total. The van der Waals surface area contributed by atoms with Crippen molar-refractivity contribution in [3.63, 3.8) is 0 Å². The van der Waals surface area contributed by atoms with Crippen molar-refractivity contribution < 1.29 is 14.6 Å². The lowest BCUT2D eigenvalue weighted by molar-refractivity contribution is 0.0855. The Morgan fingerprint density at radius 1 is 0.587 bits per heavy atom. The number of aliphatic hydroxyl groups excluding tert-OH is 1. The quantitative estimate of drug-likeness (QED) is 0.134. The number of fused-ring (bicyclic) bond motifs is 1. The Morgan fingerprint density at radius 3 is 1.72 bits per heavy atom. The van der Waals surface area contributed by atoms with E-state index >= 15 is 0 Å². The van der Waals surface area contributed by atoms with Crippen LogP contribution in [0, 0.1) is 0 Å². The van der Waals surface area contributed by atoms with Gasteiger partial charge in [0.05, 0.1) is 6.10 Å². The first-order valence-corrected chi connectivity index (χ1v) is 16.0. The summed E-state index contributed by atoms with van der Waals surface area (Å²) in [6, 6.07) is 51.8. The van der Waals surface area contributed by atoms with Crippen LogP contribution in [-0.4, -0.2) is 22.6 Å². The molecule has 2 atom stereocenters. The average Bonchev–Trinajstić information content (AvgIpc) is 3.11. The van der Waals surface area contributed by atoms with Crippen LogP contribution in [0.3, 0.4) is 0 Å². The van der Waals surface area contributed by atoms with Crippen molar-refractivity contribution in [3.8, 4) is 11.5 Å². The highest BCUT2D eigenvalue weighted by Crippen LogP contribution is 2.30. The van der Waals surface area contributed by atoms with Crippen LogP contribution in [0.4, 0.5) is 0 Å². The smallest absolute Gasteiger partial charge is 0.123 e. The first-order valence-electron chi connectivity index (χ1n) is 16.0. The number of benzene rings is 6. The number of ether oxygens (including phenoxy) is 2. The second-order valence-electron chi connectivity index (χ2n) is 11.9. The number of aliphatic hydroxyl groups is 1. The van der Waals surface area contributed by atoms with Crippen molar-refractivity contribution >= 4 is 10.8 Å². The van der Waals surface area contributed by atoms with Crippen molar-refractivity contribution in [3.05, 3.63) is 179 Å². The molecule has 0 aliphatic rings. The molecule has 0 heterocycles. The fourth-order valence-corrected chi connectivity index (χ4v) is 5.90. The van der Waals surface area contributed by atoms with Gasteiger partial charge in [0, 0.05) is 25.2 Å². The summed E-state index contributed by atoms with van der Waals surface area (Å²) in [4.78, 5) is 2.38. The molecular formula is C42H41NO3. The maximum absolute atomic E-state index is 11.8. The molecule has 6 aromatic rings. The molecule has 0 amide bonds. The summed E-state index contributed by atoms with van der Waals surface area (Å²) >= 11 is 0. The fourth-order valence-electron chi connectivity index (χ4n) is 5.90. The molecule has 232 valence electrons. The van der Waals surface area contributed by atoms with Crippen LogP contribution in [0.2, 0.25) is 0 Å². The van der Waals surface area contributed by atoms with Gasteiger partial charge in [0.2, 0.25) is 0 Å². The molecule has 0 spiro atoms. The van der Waals surface area contributed by atoms with E-state index in [0.717, 1.165) is 29.7 Å². The summed E-state index contributed by atoms with van der Waals surface area (Å²) in [6.45, 7) is 4.30. The van der Waals surface area contributed by atoms with Gasteiger partial charge in [-0.05, 0) is 64.1 Å². The van der Waals surface area contributed by atoms with E-state index in [2.05, 4.69) is 78.6 Å². The minimum atomic E-state index is -0.752. The van der Waals surface area contributed by atoms with E-state index in [-0.39, 0.29) is 6.04 Å². The molecule has 6 aromatic carbocycles. The van der Waals surface area contributed by atoms with Crippen molar-refractivity contribution in [2.75, 3.05) is 6.54 Å². The molecule has 0 aromatic heterocycles. The second-order valence-corrected chi connectivity index (χ2v) is 11.9. The van der Waals surface area contributed by atoms with Crippen LogP contribution in [0.25, 0.3) is 10.8 Å². The van der Waals surface area contributed by atoms with Gasteiger partial charge in [-0.3, -0.25) is 4.90 Å². The molecule has 0 saturated carbocycles. The van der Waals surface area contributed by atoms with E-state index < -0.39 is 6.10 Å². The van der Waals surface area contributed by atoms with Crippen molar-refractivity contribution in [2.45, 2.75) is 45.2 Å². The van der Waals surface area contributed by atoms with E-state index in [9.17, 15) is 5.11 Å². The summed E-state index contributed by atoms with van der Waals surface area (Å²) in [5.74, 6) is 1.34. The van der Waals surface area contributed by atoms with Crippen LogP contribution in [0.1, 0.15) is 40.8 Å². The van der Waals surface area contributed by atoms with Gasteiger partial charge in [0.25, 0.3) is 0 Å². The normalized spacial score (nSPS) is 12.6. The van der Waals surface area contributed by atoms with E-state index in [0.29, 0.717) is 31.3 Å². The van der Waals surface area contributed by atoms with E-state index in [1.165, 1.54) is 21.9 Å². The molecule has 4 heteroatoms. The Bertz CT molecular complexity index is 1740. The first-order chi connectivity index (χ1) is 22.6. The Labute approximate surface area is 272 Å². The Kier molecular flexibility index (Phi) is 10.4. The number of nitrogens with zero attached hydrogens (tertiary/aromatic N) is 1. The van der Waals surface area contributed by atoms with E-state index in [1.807, 2.05) is 84.9 Å². The highest BCUT2D eigenvalue weighted by molar-refractivity contribution is 5.85. The van der Waals surface area contributed by atoms with Crippen LogP contribution in [0.5, 0.6) is 11.5 Å². The van der Waals surface area contributed by atoms with Gasteiger partial charge in [-0.25, -0.2) is 0 Å². The molecule has 0 unspecified atom stereocenters. The Morgan fingerprint density at radius 2 is 1.11 bits per heavy atom. The number of hydrogen-bond donors (Lipinski definition) is 1. The SMILES string of the molecule is C[C@@H](Cc1cccc2ccccc12)N(Cc1ccccc1)C[C@@H](O)c1cc(OCc2ccccc2)cc(OCc2ccccc2)c1. The zero-order valence-electron chi connectivity index (χ0n) is 26.3. The van der Waals surface area contributed by atoms with Gasteiger partial charge in [0.1, 0.15) is 24.7 Å². The van der Waals surface area contributed by atoms with Crippen LogP contribution in [-0.2, 0) is 26.2 Å². The number of rotatable bonds is 14. The Hall–Kier alpha value is -4.90. The minimum Gasteiger partial charge on any atom is -0.489 e. The van der Waals surface area contributed by atoms with Crippen LogP contribution < -0.4 is 9.47 Å². The third-order valence-corrected chi connectivity index (χ3v) is 8.44. The van der Waals surface area contributed by atoms with Crippen molar-refractivity contribution in [1.29, 1.82) is 0 Å². The monoisotopic (exact) mass is 607 g/mol. The topological polar surface area (TPSA) is 41.9 Å². The molecule has 0 bridgehead atoms. The van der Waals surface area contributed by atoms with Crippen LogP contribution >= 0.6 is 0 Å². The first kappa shape index (κ1) is 31.1. The highest BCUT2D eigenvalue weighted by Gasteiger charge is 2.22. The van der Waals surface area contributed by atoms with E-state index in [1.54, 1.807) is 0 Å². The minimum absolute atomic E-state index is 0.173. The van der Waals surface area contributed by atoms with Gasteiger partial charge >= 0.3 is 0 Å². The third-order valence-electron chi connectivity index (χ3n) is 8.44. The predicted molar refractivity (Wildman–Crippen MR) is 187 cm³/mol. The van der Waals surface area contributed by atoms with E-state index in [4.69, 9.17) is 9.47 Å². The van der Waals surface area contributed by atoms with Crippen molar-refractivity contribution in [1.82, 2.24) is 4.90 Å². The summed E-state index contributed by atoms with van der Waals surface area (Å²) in [5.41, 5.74) is 5.45. The lowest BCUT2D eigenvalue weighted by Gasteiger charge is -2.32. The van der Waals surface area contributed by atoms with Crippen LogP contribution in [0.15, 0.2) is 152 Å². The highest BCUT2D eigenvalue weighted by atomic mass is 16.5. The number of hydrogen-bond acceptors (Lipinski definition) is 4. The molecule has 0 aliphatic heterocycles. The lowest BCUT2D eigenvalue weighted by atomic mass is 9.98. The molecule has 0 fully saturated rings. The zero-order chi connectivity index (χ0) is 31.6. The fraction of sp³-hybridized carbons (Fsp3) is 0.190. The summed E-state index contributed by atoms with van der Waals surface area (Å²) in [5, 5.41) is 14.3. The van der Waals surface area contributed by atoms with Gasteiger partial charge in [0.15, 0.2) is 0 Å². The summed E-state index contributed by atoms with van der Waals surface area (Å²) in [6.07, 6.45) is 0.116. The lowest BCUT2D eigenvalue weighted by Crippen LogP contribution is -2.37. The third kappa shape index (κ3) is 8.42. The second kappa shape index (κ2) is 15.4. The predicted octanol–water partition coefficient (Wildman–Crippen LogP) is 9.16. The maximum Gasteiger partial charge on any atom is 0.123 e. The molecule has 0 saturated heterocycles. The molecule has 46 heavy (non-hydrogen) atoms. The molecule has 0 aliphatic carbocycles. The zero-order valence-corrected chi connectivity index (χ0v) is 26.3. The van der Waals surface area contributed by atoms with Gasteiger partial charge < -0.3 is 14.6 Å².